The van der Waals surface area contributed by atoms with Crippen molar-refractivity contribution in [1.29, 1.82) is 0 Å². The molecule has 0 aromatic heterocycles. The highest BCUT2D eigenvalue weighted by Gasteiger charge is 2.54. The van der Waals surface area contributed by atoms with E-state index < -0.39 is 5.97 Å². The van der Waals surface area contributed by atoms with E-state index in [0.29, 0.717) is 19.3 Å². The number of carboxylic acid groups (broad SMARTS) is 1. The molecule has 2 rings (SSSR count). The Hall–Kier alpha value is -1.92. The highest BCUT2D eigenvalue weighted by molar-refractivity contribution is 5.76. The molecule has 1 saturated heterocycles. The summed E-state index contributed by atoms with van der Waals surface area (Å²) >= 11 is 0. The first-order chi connectivity index (χ1) is 15.1. The molecule has 1 aromatic carbocycles. The number of nitrogens with zero attached hydrogens (tertiary/aromatic N) is 1. The number of aliphatic carboxylic acids is 1. The first-order valence-corrected chi connectivity index (χ1v) is 12.1. The summed E-state index contributed by atoms with van der Waals surface area (Å²) in [5.41, 5.74) is 0.684. The molecular weight excluding hydrogens is 404 g/mol. The molecule has 2 N–H and O–H groups in total. The van der Waals surface area contributed by atoms with Crippen LogP contribution in [0.1, 0.15) is 98.2 Å². The van der Waals surface area contributed by atoms with Gasteiger partial charge in [0.1, 0.15) is 6.10 Å². The van der Waals surface area contributed by atoms with Gasteiger partial charge in [-0.15, -0.1) is 0 Å². The predicted octanol–water partition coefficient (Wildman–Crippen LogP) is 5.49. The summed E-state index contributed by atoms with van der Waals surface area (Å²) in [5.74, 6) is -0.609. The van der Waals surface area contributed by atoms with E-state index in [1.165, 1.54) is 0 Å². The Morgan fingerprint density at radius 3 is 2.34 bits per heavy atom. The first kappa shape index (κ1) is 26.3. The average molecular weight is 447 g/mol. The van der Waals surface area contributed by atoms with E-state index in [0.717, 1.165) is 24.8 Å². The topological polar surface area (TPSA) is 78.9 Å². The fraction of sp³-hybridized carbons (Fsp3) is 0.692. The van der Waals surface area contributed by atoms with E-state index in [1.54, 1.807) is 0 Å². The number of carboxylic acids is 1. The molecule has 0 aliphatic carbocycles. The van der Waals surface area contributed by atoms with E-state index in [1.807, 2.05) is 18.2 Å². The number of carbonyl (C=O) groups is 2. The van der Waals surface area contributed by atoms with Gasteiger partial charge in [-0.1, -0.05) is 51.1 Å². The number of unbranched alkanes of at least 4 members (excludes halogenated alkanes) is 1. The molecule has 1 fully saturated rings. The molecule has 1 aromatic rings. The van der Waals surface area contributed by atoms with Gasteiger partial charge in [0.25, 0.3) is 0 Å². The molecule has 5 atom stereocenters. The van der Waals surface area contributed by atoms with Gasteiger partial charge >= 0.3 is 5.97 Å². The number of amides is 1. The van der Waals surface area contributed by atoms with E-state index in [9.17, 15) is 9.59 Å². The highest BCUT2D eigenvalue weighted by Crippen LogP contribution is 2.47. The molecule has 0 saturated carbocycles. The molecule has 0 radical (unpaired) electrons. The third kappa shape index (κ3) is 6.10. The predicted molar refractivity (Wildman–Crippen MR) is 127 cm³/mol. The highest BCUT2D eigenvalue weighted by atomic mass is 16.7. The minimum Gasteiger partial charge on any atom is -0.481 e. The number of hydrogen-bond donors (Lipinski definition) is 2. The fourth-order valence-corrected chi connectivity index (χ4v) is 4.93. The van der Waals surface area contributed by atoms with Crippen LogP contribution in [0.5, 0.6) is 0 Å². The lowest BCUT2D eigenvalue weighted by Gasteiger charge is -2.60. The van der Waals surface area contributed by atoms with Crippen LogP contribution in [0.2, 0.25) is 0 Å². The smallest absolute Gasteiger partial charge is 0.303 e. The van der Waals surface area contributed by atoms with E-state index in [2.05, 4.69) is 64.1 Å². The fourth-order valence-electron chi connectivity index (χ4n) is 4.93. The molecule has 0 bridgehead atoms. The van der Waals surface area contributed by atoms with Gasteiger partial charge in [-0.2, -0.15) is 5.06 Å². The van der Waals surface area contributed by atoms with Gasteiger partial charge in [0.05, 0.1) is 0 Å². The molecule has 5 unspecified atom stereocenters. The minimum atomic E-state index is -0.812. The van der Waals surface area contributed by atoms with Crippen molar-refractivity contribution >= 4 is 11.9 Å². The van der Waals surface area contributed by atoms with E-state index >= 15 is 0 Å². The Morgan fingerprint density at radius 1 is 1.16 bits per heavy atom. The van der Waals surface area contributed by atoms with Gasteiger partial charge in [-0.3, -0.25) is 14.4 Å². The number of carbonyl (C=O) groups excluding carboxylic acids is 1. The van der Waals surface area contributed by atoms with Crippen LogP contribution < -0.4 is 5.32 Å². The van der Waals surface area contributed by atoms with Crippen molar-refractivity contribution < 1.29 is 19.5 Å². The summed E-state index contributed by atoms with van der Waals surface area (Å²) in [6.07, 6.45) is 4.15. The van der Waals surface area contributed by atoms with Crippen LogP contribution in [-0.2, 0) is 14.4 Å². The maximum Gasteiger partial charge on any atom is 0.303 e. The zero-order valence-corrected chi connectivity index (χ0v) is 20.7. The van der Waals surface area contributed by atoms with E-state index in [-0.39, 0.29) is 41.5 Å². The second-order valence-electron chi connectivity index (χ2n) is 9.78. The number of nitrogens with one attached hydrogen (secondary N) is 1. The van der Waals surface area contributed by atoms with Crippen molar-refractivity contribution in [2.75, 3.05) is 0 Å². The Bertz CT molecular complexity index is 755. The normalized spacial score (nSPS) is 29.4. The number of rotatable bonds is 11. The molecular formula is C26H42N2O4. The summed E-state index contributed by atoms with van der Waals surface area (Å²) in [4.78, 5) is 30.0. The van der Waals surface area contributed by atoms with Crippen molar-refractivity contribution in [3.63, 3.8) is 0 Å². The van der Waals surface area contributed by atoms with Crippen LogP contribution in [0, 0.1) is 5.92 Å². The lowest BCUT2D eigenvalue weighted by atomic mass is 9.68. The van der Waals surface area contributed by atoms with Gasteiger partial charge in [0.2, 0.25) is 5.91 Å². The number of hydroxylamine groups is 2. The summed E-state index contributed by atoms with van der Waals surface area (Å²) in [7, 11) is 0. The SMILES string of the molecule is CCC1(C)CC(NC(=O)CCCCC(=O)O)C(C)C(C)(CC)N1OC(C)c1ccccc1. The molecule has 1 aliphatic heterocycles. The Kier molecular flexibility index (Phi) is 9.28. The zero-order valence-electron chi connectivity index (χ0n) is 20.7. The largest absolute Gasteiger partial charge is 0.481 e. The lowest BCUT2D eigenvalue weighted by Crippen LogP contribution is -2.70. The average Bonchev–Trinajstić information content (AvgIpc) is 2.78. The Labute approximate surface area is 193 Å². The van der Waals surface area contributed by atoms with Gasteiger partial charge in [0, 0.05) is 30.0 Å². The van der Waals surface area contributed by atoms with Crippen LogP contribution in [0.3, 0.4) is 0 Å². The van der Waals surface area contributed by atoms with Crippen LogP contribution in [-0.4, -0.2) is 39.2 Å². The van der Waals surface area contributed by atoms with Gasteiger partial charge in [-0.25, -0.2) is 0 Å². The molecule has 1 aliphatic rings. The second kappa shape index (κ2) is 11.3. The van der Waals surface area contributed by atoms with Gasteiger partial charge in [0.15, 0.2) is 0 Å². The molecule has 0 spiro atoms. The maximum absolute atomic E-state index is 12.6. The monoisotopic (exact) mass is 446 g/mol. The minimum absolute atomic E-state index is 0.0103. The number of benzene rings is 1. The Morgan fingerprint density at radius 2 is 1.78 bits per heavy atom. The van der Waals surface area contributed by atoms with Crippen molar-refractivity contribution in [3.05, 3.63) is 35.9 Å². The molecule has 32 heavy (non-hydrogen) atoms. The van der Waals surface area contributed by atoms with Crippen LogP contribution >= 0.6 is 0 Å². The van der Waals surface area contributed by atoms with Gasteiger partial charge < -0.3 is 10.4 Å². The van der Waals surface area contributed by atoms with Crippen LogP contribution in [0.4, 0.5) is 0 Å². The summed E-state index contributed by atoms with van der Waals surface area (Å²) in [6.45, 7) is 13.1. The van der Waals surface area contributed by atoms with Gasteiger partial charge in [-0.05, 0) is 64.4 Å². The molecule has 1 amide bonds. The quantitative estimate of drug-likeness (QED) is 0.440. The molecule has 1 heterocycles. The van der Waals surface area contributed by atoms with Crippen molar-refractivity contribution in [2.24, 2.45) is 5.92 Å². The van der Waals surface area contributed by atoms with Crippen molar-refractivity contribution in [2.45, 2.75) is 110 Å². The standard InChI is InChI=1S/C26H42N2O4/c1-7-25(5)18-22(27-23(29)16-12-13-17-24(30)31)19(3)26(6,8-2)28(25)32-20(4)21-14-10-9-11-15-21/h9-11,14-15,19-20,22H,7-8,12-13,16-18H2,1-6H3,(H,27,29)(H,30,31). The molecule has 180 valence electrons. The summed E-state index contributed by atoms with van der Waals surface area (Å²) in [5, 5.41) is 14.3. The Balaban J connectivity index is 2.16. The van der Waals surface area contributed by atoms with Crippen molar-refractivity contribution in [1.82, 2.24) is 10.4 Å². The summed E-state index contributed by atoms with van der Waals surface area (Å²) in [6, 6.07) is 10.3. The zero-order chi connectivity index (χ0) is 23.9. The number of hydrogen-bond acceptors (Lipinski definition) is 4. The maximum atomic E-state index is 12.6. The lowest BCUT2D eigenvalue weighted by molar-refractivity contribution is -0.327. The van der Waals surface area contributed by atoms with Crippen LogP contribution in [0.15, 0.2) is 30.3 Å². The number of piperidine rings is 1. The van der Waals surface area contributed by atoms with E-state index in [4.69, 9.17) is 9.94 Å². The third-order valence-electron chi connectivity index (χ3n) is 7.60. The summed E-state index contributed by atoms with van der Waals surface area (Å²) < 4.78 is 0. The molecule has 6 heteroatoms. The van der Waals surface area contributed by atoms with Crippen molar-refractivity contribution in [3.8, 4) is 0 Å². The molecule has 6 nitrogen and oxygen atoms in total. The van der Waals surface area contributed by atoms with Crippen LogP contribution in [0.25, 0.3) is 0 Å². The first-order valence-electron chi connectivity index (χ1n) is 12.1. The third-order valence-corrected chi connectivity index (χ3v) is 7.60. The second-order valence-corrected chi connectivity index (χ2v) is 9.78.